The first-order valence-electron chi connectivity index (χ1n) is 6.78. The van der Waals surface area contributed by atoms with Crippen LogP contribution in [0.4, 0.5) is 5.69 Å². The number of hydrogen-bond acceptors (Lipinski definition) is 2. The van der Waals surface area contributed by atoms with Crippen molar-refractivity contribution in [1.82, 2.24) is 4.90 Å². The van der Waals surface area contributed by atoms with Crippen LogP contribution in [-0.4, -0.2) is 36.9 Å². The average Bonchev–Trinajstić information content (AvgIpc) is 2.94. The van der Waals surface area contributed by atoms with Crippen LogP contribution < -0.4 is 4.90 Å². The molecule has 0 bridgehead atoms. The molecule has 0 radical (unpaired) electrons. The highest BCUT2D eigenvalue weighted by Gasteiger charge is 2.32. The minimum atomic E-state index is -0.121. The van der Waals surface area contributed by atoms with Gasteiger partial charge in [0.2, 0.25) is 11.8 Å². The van der Waals surface area contributed by atoms with Crippen LogP contribution in [0.2, 0.25) is 0 Å². The molecular weight excluding hydrogens is 252 g/mol. The molecule has 1 unspecified atom stereocenters. The number of carbonyl (C=O) groups excluding carboxylic acids is 2. The molecule has 0 N–H and O–H groups in total. The molecule has 4 nitrogen and oxygen atoms in total. The molecule has 1 aliphatic rings. The summed E-state index contributed by atoms with van der Waals surface area (Å²) in [7, 11) is 1.79. The Kier molecular flexibility index (Phi) is 4.23. The Morgan fingerprint density at radius 1 is 1.45 bits per heavy atom. The van der Waals surface area contributed by atoms with Gasteiger partial charge in [-0.25, -0.2) is 0 Å². The van der Waals surface area contributed by atoms with E-state index in [1.54, 1.807) is 16.8 Å². The fourth-order valence-electron chi connectivity index (χ4n) is 2.53. The van der Waals surface area contributed by atoms with E-state index in [0.29, 0.717) is 19.5 Å². The lowest BCUT2D eigenvalue weighted by Gasteiger charge is -2.21. The molecule has 1 saturated heterocycles. The molecule has 20 heavy (non-hydrogen) atoms. The van der Waals surface area contributed by atoms with Crippen molar-refractivity contribution >= 4 is 17.5 Å². The quantitative estimate of drug-likeness (QED) is 0.790. The van der Waals surface area contributed by atoms with E-state index in [9.17, 15) is 9.59 Å². The summed E-state index contributed by atoms with van der Waals surface area (Å²) in [6, 6.07) is 7.85. The fraction of sp³-hybridized carbons (Fsp3) is 0.375. The zero-order valence-corrected chi connectivity index (χ0v) is 12.0. The smallest absolute Gasteiger partial charge is 0.245 e. The van der Waals surface area contributed by atoms with Crippen LogP contribution in [0.5, 0.6) is 0 Å². The molecule has 4 heteroatoms. The maximum atomic E-state index is 12.5. The first-order chi connectivity index (χ1) is 9.52. The van der Waals surface area contributed by atoms with E-state index in [1.807, 2.05) is 31.2 Å². The monoisotopic (exact) mass is 272 g/mol. The van der Waals surface area contributed by atoms with Crippen molar-refractivity contribution in [3.05, 3.63) is 42.5 Å². The largest absolute Gasteiger partial charge is 0.338 e. The van der Waals surface area contributed by atoms with Crippen LogP contribution in [0.3, 0.4) is 0 Å². The predicted molar refractivity (Wildman–Crippen MR) is 79.5 cm³/mol. The van der Waals surface area contributed by atoms with Crippen LogP contribution in [0.15, 0.2) is 36.9 Å². The van der Waals surface area contributed by atoms with Crippen molar-refractivity contribution in [1.29, 1.82) is 0 Å². The third-order valence-electron chi connectivity index (χ3n) is 3.74. The molecule has 106 valence electrons. The Balaban J connectivity index is 2.05. The Bertz CT molecular complexity index is 539. The number of anilines is 1. The second kappa shape index (κ2) is 5.90. The minimum absolute atomic E-state index is 0.0648. The lowest BCUT2D eigenvalue weighted by Crippen LogP contribution is -2.35. The van der Waals surface area contributed by atoms with E-state index in [-0.39, 0.29) is 17.7 Å². The number of hydrogen-bond donors (Lipinski definition) is 0. The maximum absolute atomic E-state index is 12.5. The summed E-state index contributed by atoms with van der Waals surface area (Å²) in [4.78, 5) is 27.4. The highest BCUT2D eigenvalue weighted by atomic mass is 16.2. The Morgan fingerprint density at radius 3 is 2.85 bits per heavy atom. The van der Waals surface area contributed by atoms with Crippen LogP contribution in [-0.2, 0) is 9.59 Å². The lowest BCUT2D eigenvalue weighted by molar-refractivity contribution is -0.125. The van der Waals surface area contributed by atoms with Crippen LogP contribution in [0, 0.1) is 12.8 Å². The summed E-state index contributed by atoms with van der Waals surface area (Å²) in [6.07, 6.45) is 2.02. The van der Waals surface area contributed by atoms with E-state index in [2.05, 4.69) is 6.58 Å². The van der Waals surface area contributed by atoms with E-state index < -0.39 is 0 Å². The van der Waals surface area contributed by atoms with Gasteiger partial charge in [-0.3, -0.25) is 9.59 Å². The molecule has 0 aromatic heterocycles. The summed E-state index contributed by atoms with van der Waals surface area (Å²) in [5.74, 6) is -0.155. The number of benzene rings is 1. The van der Waals surface area contributed by atoms with Gasteiger partial charge in [0.1, 0.15) is 0 Å². The number of nitrogens with zero attached hydrogens (tertiary/aromatic N) is 2. The van der Waals surface area contributed by atoms with Crippen molar-refractivity contribution in [3.63, 3.8) is 0 Å². The number of likely N-dealkylation sites (tertiary alicyclic amines) is 1. The third-order valence-corrected chi connectivity index (χ3v) is 3.74. The highest BCUT2D eigenvalue weighted by molar-refractivity contribution is 5.96. The van der Waals surface area contributed by atoms with Gasteiger partial charge in [0.15, 0.2) is 0 Å². The van der Waals surface area contributed by atoms with Crippen LogP contribution in [0.25, 0.3) is 0 Å². The highest BCUT2D eigenvalue weighted by Crippen LogP contribution is 2.22. The standard InChI is InChI=1S/C16H20N2O2/c1-4-15(19)18-9-8-13(11-18)16(20)17(3)14-7-5-6-12(2)10-14/h4-7,10,13H,1,8-9,11H2,2-3H3. The molecule has 0 saturated carbocycles. The van der Waals surface area contributed by atoms with Gasteiger partial charge >= 0.3 is 0 Å². The van der Waals surface area contributed by atoms with Crippen molar-refractivity contribution in [2.24, 2.45) is 5.92 Å². The van der Waals surface area contributed by atoms with Gasteiger partial charge in [-0.1, -0.05) is 18.7 Å². The maximum Gasteiger partial charge on any atom is 0.245 e. The molecule has 1 atom stereocenters. The molecule has 0 aliphatic carbocycles. The topological polar surface area (TPSA) is 40.6 Å². The Morgan fingerprint density at radius 2 is 2.20 bits per heavy atom. The van der Waals surface area contributed by atoms with Crippen molar-refractivity contribution < 1.29 is 9.59 Å². The van der Waals surface area contributed by atoms with E-state index >= 15 is 0 Å². The van der Waals surface area contributed by atoms with Gasteiger partial charge in [-0.05, 0) is 37.1 Å². The summed E-state index contributed by atoms with van der Waals surface area (Å²) >= 11 is 0. The molecule has 2 amide bonds. The number of amides is 2. The SMILES string of the molecule is C=CC(=O)N1CCC(C(=O)N(C)c2cccc(C)c2)C1. The van der Waals surface area contributed by atoms with Gasteiger partial charge in [-0.2, -0.15) is 0 Å². The molecule has 1 heterocycles. The van der Waals surface area contributed by atoms with Gasteiger partial charge in [0.05, 0.1) is 5.92 Å². The number of rotatable bonds is 3. The second-order valence-corrected chi connectivity index (χ2v) is 5.21. The first-order valence-corrected chi connectivity index (χ1v) is 6.78. The number of aryl methyl sites for hydroxylation is 1. The van der Waals surface area contributed by atoms with Gasteiger partial charge in [0.25, 0.3) is 0 Å². The molecule has 1 fully saturated rings. The van der Waals surface area contributed by atoms with E-state index in [0.717, 1.165) is 11.3 Å². The van der Waals surface area contributed by atoms with E-state index in [1.165, 1.54) is 6.08 Å². The van der Waals surface area contributed by atoms with Gasteiger partial charge < -0.3 is 9.80 Å². The lowest BCUT2D eigenvalue weighted by atomic mass is 10.1. The second-order valence-electron chi connectivity index (χ2n) is 5.21. The third kappa shape index (κ3) is 2.90. The van der Waals surface area contributed by atoms with Gasteiger partial charge in [0, 0.05) is 25.8 Å². The fourth-order valence-corrected chi connectivity index (χ4v) is 2.53. The number of carbonyl (C=O) groups is 2. The average molecular weight is 272 g/mol. The zero-order valence-electron chi connectivity index (χ0n) is 12.0. The van der Waals surface area contributed by atoms with Gasteiger partial charge in [-0.15, -0.1) is 0 Å². The molecule has 1 aromatic rings. The zero-order chi connectivity index (χ0) is 14.7. The Hall–Kier alpha value is -2.10. The summed E-state index contributed by atoms with van der Waals surface area (Å²) in [5.41, 5.74) is 2.01. The van der Waals surface area contributed by atoms with Crippen LogP contribution in [0.1, 0.15) is 12.0 Å². The summed E-state index contributed by atoms with van der Waals surface area (Å²) in [6.45, 7) is 6.60. The molecular formula is C16H20N2O2. The Labute approximate surface area is 119 Å². The van der Waals surface area contributed by atoms with E-state index in [4.69, 9.17) is 0 Å². The summed E-state index contributed by atoms with van der Waals surface area (Å²) in [5, 5.41) is 0. The van der Waals surface area contributed by atoms with Crippen molar-refractivity contribution in [2.75, 3.05) is 25.0 Å². The molecule has 0 spiro atoms. The molecule has 1 aromatic carbocycles. The first kappa shape index (κ1) is 14.3. The summed E-state index contributed by atoms with van der Waals surface area (Å²) < 4.78 is 0. The van der Waals surface area contributed by atoms with Crippen molar-refractivity contribution in [3.8, 4) is 0 Å². The van der Waals surface area contributed by atoms with Crippen LogP contribution >= 0.6 is 0 Å². The van der Waals surface area contributed by atoms with Crippen molar-refractivity contribution in [2.45, 2.75) is 13.3 Å². The normalized spacial score (nSPS) is 17.9. The molecule has 1 aliphatic heterocycles. The molecule has 2 rings (SSSR count). The minimum Gasteiger partial charge on any atom is -0.338 e. The predicted octanol–water partition coefficient (Wildman–Crippen LogP) is 1.99.